The molecule has 0 saturated heterocycles. The van der Waals surface area contributed by atoms with Crippen LogP contribution in [-0.4, -0.2) is 58.0 Å². The number of carboxylic acids is 4. The molecule has 0 aliphatic carbocycles. The summed E-state index contributed by atoms with van der Waals surface area (Å²) >= 11 is 0. The molecule has 0 fully saturated rings. The molecule has 0 aromatic rings. The zero-order valence-corrected chi connectivity index (χ0v) is 14.4. The first-order chi connectivity index (χ1) is 10.6. The predicted octanol–water partition coefficient (Wildman–Crippen LogP) is -7.08. The Morgan fingerprint density at radius 2 is 0.440 bits per heavy atom. The summed E-state index contributed by atoms with van der Waals surface area (Å²) in [6.45, 7) is 3.76. The molecule has 0 aliphatic rings. The molecule has 0 aromatic carbocycles. The molecule has 136 valence electrons. The fourth-order valence-corrected chi connectivity index (χ4v) is 0. The molecule has 0 amide bonds. The molecule has 0 unspecified atom stereocenters. The van der Waals surface area contributed by atoms with E-state index in [1.165, 1.54) is 0 Å². The Morgan fingerprint density at radius 1 is 0.400 bits per heavy atom. The van der Waals surface area contributed by atoms with Gasteiger partial charge in [-0.05, 0) is 0 Å². The van der Waals surface area contributed by atoms with Gasteiger partial charge in [0, 0.05) is 27.7 Å². The van der Waals surface area contributed by atoms with Crippen molar-refractivity contribution in [3.8, 4) is 0 Å². The first kappa shape index (κ1) is 33.4. The summed E-state index contributed by atoms with van der Waals surface area (Å²) in [5.74, 6) is -10.3. The van der Waals surface area contributed by atoms with E-state index in [-0.39, 0.29) is 11.0 Å². The molecule has 0 aliphatic heterocycles. The Balaban J connectivity index is -0.0000000702. The van der Waals surface area contributed by atoms with Gasteiger partial charge in [-0.15, -0.1) is 0 Å². The van der Waals surface area contributed by atoms with Crippen molar-refractivity contribution in [2.24, 2.45) is 0 Å². The SMILES string of the molecule is CC(=O)C(=O)[O-].CC(=O)C(=O)[O-].CC(=O)C(=O)[O-].CC(=O)C(=O)[O-].[Si+4]. The molecule has 0 bridgehead atoms. The fraction of sp³-hybridized carbons (Fsp3) is 0.333. The Hall–Kier alpha value is -3.22. The molecule has 0 atom stereocenters. The molecule has 13 heteroatoms. The van der Waals surface area contributed by atoms with E-state index in [0.29, 0.717) is 0 Å². The van der Waals surface area contributed by atoms with Gasteiger partial charge in [0.15, 0.2) is 23.1 Å². The van der Waals surface area contributed by atoms with Crippen molar-refractivity contribution in [2.45, 2.75) is 27.7 Å². The van der Waals surface area contributed by atoms with Gasteiger partial charge in [-0.3, -0.25) is 19.2 Å². The number of carbonyl (C=O) groups excluding carboxylic acids is 8. The van der Waals surface area contributed by atoms with Crippen LogP contribution < -0.4 is 20.4 Å². The number of Topliss-reactive ketones (excluding diaryl/α,β-unsaturated/α-hetero) is 4. The van der Waals surface area contributed by atoms with Crippen molar-refractivity contribution >= 4 is 58.0 Å². The van der Waals surface area contributed by atoms with Crippen LogP contribution in [-0.2, 0) is 38.4 Å². The van der Waals surface area contributed by atoms with Crippen LogP contribution in [0.1, 0.15) is 27.7 Å². The molecule has 0 saturated carbocycles. The van der Waals surface area contributed by atoms with Crippen LogP contribution in [0.15, 0.2) is 0 Å². The van der Waals surface area contributed by atoms with Crippen LogP contribution in [0.3, 0.4) is 0 Å². The smallest absolute Gasteiger partial charge is 0.542 e. The first-order valence-electron chi connectivity index (χ1n) is 5.45. The van der Waals surface area contributed by atoms with E-state index in [9.17, 15) is 58.8 Å². The predicted molar refractivity (Wildman–Crippen MR) is 68.5 cm³/mol. The van der Waals surface area contributed by atoms with Gasteiger partial charge in [-0.2, -0.15) is 0 Å². The van der Waals surface area contributed by atoms with E-state index in [2.05, 4.69) is 0 Å². The van der Waals surface area contributed by atoms with Gasteiger partial charge in [-0.25, -0.2) is 0 Å². The number of ketones is 4. The normalized spacial score (nSPS) is 7.20. The Labute approximate surface area is 145 Å². The average molecular weight is 376 g/mol. The molecule has 0 rings (SSSR count). The molecule has 0 spiro atoms. The maximum atomic E-state index is 9.48. The number of carboxylic acid groups (broad SMARTS) is 4. The molecular weight excluding hydrogens is 364 g/mol. The van der Waals surface area contributed by atoms with E-state index < -0.39 is 47.0 Å². The van der Waals surface area contributed by atoms with E-state index >= 15 is 0 Å². The summed E-state index contributed by atoms with van der Waals surface area (Å²) in [6, 6.07) is 0. The van der Waals surface area contributed by atoms with Gasteiger partial charge in [0.2, 0.25) is 0 Å². The zero-order valence-electron chi connectivity index (χ0n) is 13.4. The van der Waals surface area contributed by atoms with Crippen molar-refractivity contribution in [3.05, 3.63) is 0 Å². The van der Waals surface area contributed by atoms with E-state index in [1.807, 2.05) is 0 Å². The summed E-state index contributed by atoms with van der Waals surface area (Å²) < 4.78 is 0. The van der Waals surface area contributed by atoms with Crippen LogP contribution in [0, 0.1) is 0 Å². The standard InChI is InChI=1S/4C3H4O3.Si/c4*1-2(4)3(5)6;/h4*1H3,(H,5,6);/q;;;;+4/p-4. The maximum Gasteiger partial charge on any atom is 4.00 e. The maximum absolute atomic E-state index is 9.48. The Kier molecular flexibility index (Phi) is 25.1. The summed E-state index contributed by atoms with van der Waals surface area (Å²) in [6.07, 6.45) is 0. The van der Waals surface area contributed by atoms with Crippen LogP contribution in [0.4, 0.5) is 0 Å². The van der Waals surface area contributed by atoms with Crippen LogP contribution in [0.2, 0.25) is 0 Å². The zero-order chi connectivity index (χ0) is 20.6. The van der Waals surface area contributed by atoms with Gasteiger partial charge in [0.25, 0.3) is 0 Å². The minimum Gasteiger partial charge on any atom is -0.542 e. The molecule has 0 aromatic heterocycles. The summed E-state index contributed by atoms with van der Waals surface area (Å²) in [5, 5.41) is 37.0. The number of hydrogen-bond acceptors (Lipinski definition) is 12. The summed E-state index contributed by atoms with van der Waals surface area (Å²) in [4.78, 5) is 74.9. The van der Waals surface area contributed by atoms with Crippen molar-refractivity contribution in [3.63, 3.8) is 0 Å². The molecular formula is C12H12O12Si. The van der Waals surface area contributed by atoms with Gasteiger partial charge in [0.05, 0.1) is 0 Å². The minimum atomic E-state index is -1.63. The third-order valence-electron chi connectivity index (χ3n) is 1.15. The largest absolute Gasteiger partial charge is 4.00 e. The number of carbonyl (C=O) groups is 8. The first-order valence-corrected chi connectivity index (χ1v) is 5.45. The van der Waals surface area contributed by atoms with Gasteiger partial charge >= 0.3 is 11.0 Å². The minimum absolute atomic E-state index is 0. The van der Waals surface area contributed by atoms with E-state index in [1.54, 1.807) is 0 Å². The second-order valence-electron chi connectivity index (χ2n) is 3.37. The number of rotatable bonds is 4. The molecule has 0 radical (unpaired) electrons. The van der Waals surface area contributed by atoms with E-state index in [4.69, 9.17) is 0 Å². The number of hydrogen-bond donors (Lipinski definition) is 0. The topological polar surface area (TPSA) is 229 Å². The fourth-order valence-electron chi connectivity index (χ4n) is 0. The van der Waals surface area contributed by atoms with Crippen molar-refractivity contribution in [1.29, 1.82) is 0 Å². The molecule has 12 nitrogen and oxygen atoms in total. The van der Waals surface area contributed by atoms with Gasteiger partial charge < -0.3 is 39.6 Å². The van der Waals surface area contributed by atoms with Crippen molar-refractivity contribution < 1.29 is 58.8 Å². The third kappa shape index (κ3) is 44.9. The third-order valence-corrected chi connectivity index (χ3v) is 1.15. The summed E-state index contributed by atoms with van der Waals surface area (Å²) in [5.41, 5.74) is 0. The van der Waals surface area contributed by atoms with Crippen molar-refractivity contribution in [1.82, 2.24) is 0 Å². The average Bonchev–Trinajstić information content (AvgIpc) is 2.40. The van der Waals surface area contributed by atoms with E-state index in [0.717, 1.165) is 27.7 Å². The van der Waals surface area contributed by atoms with Gasteiger partial charge in [0.1, 0.15) is 23.9 Å². The van der Waals surface area contributed by atoms with Gasteiger partial charge in [-0.1, -0.05) is 0 Å². The van der Waals surface area contributed by atoms with Crippen molar-refractivity contribution in [2.75, 3.05) is 0 Å². The molecule has 0 heterocycles. The Bertz CT molecular complexity index is 390. The molecule has 0 N–H and O–H groups in total. The Morgan fingerprint density at radius 3 is 0.440 bits per heavy atom. The second kappa shape index (κ2) is 18.8. The van der Waals surface area contributed by atoms with Crippen LogP contribution in [0.25, 0.3) is 0 Å². The second-order valence-corrected chi connectivity index (χ2v) is 3.37. The monoisotopic (exact) mass is 376 g/mol. The number of aliphatic carboxylic acids is 4. The molecule has 25 heavy (non-hydrogen) atoms. The van der Waals surface area contributed by atoms with Crippen LogP contribution in [0.5, 0.6) is 0 Å². The summed E-state index contributed by atoms with van der Waals surface area (Å²) in [7, 11) is 0. The quantitative estimate of drug-likeness (QED) is 0.329. The van der Waals surface area contributed by atoms with Crippen LogP contribution >= 0.6 is 0 Å².